The van der Waals surface area contributed by atoms with Crippen LogP contribution in [0.2, 0.25) is 5.02 Å². The lowest BCUT2D eigenvalue weighted by atomic mass is 9.87. The summed E-state index contributed by atoms with van der Waals surface area (Å²) in [5.74, 6) is -0.719. The number of hydrogen-bond donors (Lipinski definition) is 2. The van der Waals surface area contributed by atoms with Gasteiger partial charge in [-0.1, -0.05) is 35.9 Å². The van der Waals surface area contributed by atoms with Gasteiger partial charge >= 0.3 is 5.97 Å². The number of anilines is 1. The first-order valence-electron chi connectivity index (χ1n) is 8.00. The molecule has 0 spiro atoms. The average molecular weight is 368 g/mol. The molecule has 1 aliphatic rings. The molecule has 0 bridgehead atoms. The van der Waals surface area contributed by atoms with Crippen molar-refractivity contribution in [1.29, 1.82) is 0 Å². The molecule has 130 valence electrons. The van der Waals surface area contributed by atoms with Gasteiger partial charge in [-0.15, -0.1) is 0 Å². The SMILES string of the molecule is O=C1CC(c2ccc(C(=O)O)cc2)c2cnn(-c3ccccc3Cl)c2N1. The Hall–Kier alpha value is -3.12. The monoisotopic (exact) mass is 367 g/mol. The molecule has 1 aliphatic heterocycles. The number of benzene rings is 2. The molecular formula is C19H14ClN3O3. The molecule has 2 aromatic carbocycles. The molecule has 0 radical (unpaired) electrons. The van der Waals surface area contributed by atoms with Crippen molar-refractivity contribution in [3.8, 4) is 5.69 Å². The van der Waals surface area contributed by atoms with E-state index in [4.69, 9.17) is 16.7 Å². The normalized spacial score (nSPS) is 16.0. The Bertz CT molecular complexity index is 1010. The second-order valence-electron chi connectivity index (χ2n) is 6.04. The van der Waals surface area contributed by atoms with Crippen LogP contribution in [0.5, 0.6) is 0 Å². The third-order valence-corrected chi connectivity index (χ3v) is 4.78. The van der Waals surface area contributed by atoms with E-state index < -0.39 is 5.97 Å². The van der Waals surface area contributed by atoms with Gasteiger partial charge in [0.25, 0.3) is 0 Å². The van der Waals surface area contributed by atoms with E-state index >= 15 is 0 Å². The van der Waals surface area contributed by atoms with Crippen molar-refractivity contribution < 1.29 is 14.7 Å². The van der Waals surface area contributed by atoms with E-state index in [-0.39, 0.29) is 23.8 Å². The molecule has 1 amide bonds. The molecule has 4 rings (SSSR count). The van der Waals surface area contributed by atoms with E-state index in [0.717, 1.165) is 11.1 Å². The molecule has 7 heteroatoms. The number of para-hydroxylation sites is 1. The Morgan fingerprint density at radius 3 is 2.62 bits per heavy atom. The van der Waals surface area contributed by atoms with E-state index in [0.29, 0.717) is 16.5 Å². The van der Waals surface area contributed by atoms with Crippen molar-refractivity contribution in [3.05, 3.63) is 76.4 Å². The molecule has 26 heavy (non-hydrogen) atoms. The Kier molecular flexibility index (Phi) is 3.97. The van der Waals surface area contributed by atoms with Crippen LogP contribution in [-0.2, 0) is 4.79 Å². The summed E-state index contributed by atoms with van der Waals surface area (Å²) in [6, 6.07) is 13.8. The van der Waals surface area contributed by atoms with Crippen LogP contribution >= 0.6 is 11.6 Å². The summed E-state index contributed by atoms with van der Waals surface area (Å²) in [5.41, 5.74) is 2.62. The fourth-order valence-electron chi connectivity index (χ4n) is 3.18. The standard InChI is InChI=1S/C19H14ClN3O3/c20-15-3-1-2-4-16(15)23-18-14(10-21-23)13(9-17(24)22-18)11-5-7-12(8-6-11)19(25)26/h1-8,10,13H,9H2,(H,22,24)(H,25,26). The van der Waals surface area contributed by atoms with Crippen molar-refractivity contribution in [2.24, 2.45) is 0 Å². The molecule has 1 aromatic heterocycles. The van der Waals surface area contributed by atoms with Crippen LogP contribution in [0, 0.1) is 0 Å². The minimum Gasteiger partial charge on any atom is -0.478 e. The number of carbonyl (C=O) groups excluding carboxylic acids is 1. The van der Waals surface area contributed by atoms with E-state index in [2.05, 4.69) is 10.4 Å². The van der Waals surface area contributed by atoms with Gasteiger partial charge in [0.15, 0.2) is 0 Å². The summed E-state index contributed by atoms with van der Waals surface area (Å²) < 4.78 is 1.62. The summed E-state index contributed by atoms with van der Waals surface area (Å²) in [6.07, 6.45) is 1.99. The van der Waals surface area contributed by atoms with Gasteiger partial charge < -0.3 is 10.4 Å². The van der Waals surface area contributed by atoms with Gasteiger partial charge in [0, 0.05) is 17.9 Å². The number of hydrogen-bond acceptors (Lipinski definition) is 3. The summed E-state index contributed by atoms with van der Waals surface area (Å²) in [6.45, 7) is 0. The van der Waals surface area contributed by atoms with E-state index in [1.54, 1.807) is 41.2 Å². The summed E-state index contributed by atoms with van der Waals surface area (Å²) in [4.78, 5) is 23.3. The zero-order valence-corrected chi connectivity index (χ0v) is 14.3. The second kappa shape index (κ2) is 6.31. The zero-order chi connectivity index (χ0) is 18.3. The molecule has 1 atom stereocenters. The van der Waals surface area contributed by atoms with Crippen molar-refractivity contribution in [2.75, 3.05) is 5.32 Å². The smallest absolute Gasteiger partial charge is 0.335 e. The van der Waals surface area contributed by atoms with Gasteiger partial charge in [0.1, 0.15) is 5.82 Å². The third-order valence-electron chi connectivity index (χ3n) is 4.46. The van der Waals surface area contributed by atoms with Gasteiger partial charge in [-0.25, -0.2) is 9.48 Å². The highest BCUT2D eigenvalue weighted by Crippen LogP contribution is 2.38. The average Bonchev–Trinajstić information content (AvgIpc) is 3.05. The fraction of sp³-hybridized carbons (Fsp3) is 0.105. The van der Waals surface area contributed by atoms with Gasteiger partial charge in [-0.05, 0) is 29.8 Å². The number of aromatic nitrogens is 2. The van der Waals surface area contributed by atoms with Crippen LogP contribution in [0.15, 0.2) is 54.7 Å². The highest BCUT2D eigenvalue weighted by atomic mass is 35.5. The lowest BCUT2D eigenvalue weighted by Gasteiger charge is -2.24. The van der Waals surface area contributed by atoms with Gasteiger partial charge in [-0.2, -0.15) is 5.10 Å². The van der Waals surface area contributed by atoms with E-state index in [1.165, 1.54) is 0 Å². The van der Waals surface area contributed by atoms with Crippen molar-refractivity contribution in [2.45, 2.75) is 12.3 Å². The van der Waals surface area contributed by atoms with Crippen LogP contribution in [0.25, 0.3) is 5.69 Å². The van der Waals surface area contributed by atoms with Crippen molar-refractivity contribution in [1.82, 2.24) is 9.78 Å². The number of carbonyl (C=O) groups is 2. The molecule has 0 fully saturated rings. The maximum Gasteiger partial charge on any atom is 0.335 e. The minimum atomic E-state index is -0.981. The number of carboxylic acids is 1. The number of nitrogens with one attached hydrogen (secondary N) is 1. The summed E-state index contributed by atoms with van der Waals surface area (Å²) >= 11 is 6.27. The van der Waals surface area contributed by atoms with Crippen LogP contribution in [0.4, 0.5) is 5.82 Å². The van der Waals surface area contributed by atoms with Crippen LogP contribution in [0.3, 0.4) is 0 Å². The quantitative estimate of drug-likeness (QED) is 0.739. The first-order valence-corrected chi connectivity index (χ1v) is 8.38. The molecule has 0 aliphatic carbocycles. The second-order valence-corrected chi connectivity index (χ2v) is 6.45. The first kappa shape index (κ1) is 16.4. The molecule has 3 aromatic rings. The highest BCUT2D eigenvalue weighted by molar-refractivity contribution is 6.32. The van der Waals surface area contributed by atoms with Crippen molar-refractivity contribution >= 4 is 29.3 Å². The Morgan fingerprint density at radius 2 is 1.92 bits per heavy atom. The number of fused-ring (bicyclic) bond motifs is 1. The van der Waals surface area contributed by atoms with Gasteiger partial charge in [0.05, 0.1) is 22.5 Å². The summed E-state index contributed by atoms with van der Waals surface area (Å²) in [5, 5.41) is 16.9. The number of halogens is 1. The van der Waals surface area contributed by atoms with E-state index in [1.807, 2.05) is 18.2 Å². The molecule has 2 N–H and O–H groups in total. The number of amides is 1. The largest absolute Gasteiger partial charge is 0.478 e. The fourth-order valence-corrected chi connectivity index (χ4v) is 3.40. The molecule has 0 saturated carbocycles. The van der Waals surface area contributed by atoms with Gasteiger partial charge in [-0.3, -0.25) is 4.79 Å². The highest BCUT2D eigenvalue weighted by Gasteiger charge is 2.30. The van der Waals surface area contributed by atoms with Crippen LogP contribution < -0.4 is 5.32 Å². The maximum atomic E-state index is 12.3. The maximum absolute atomic E-state index is 12.3. The van der Waals surface area contributed by atoms with Crippen LogP contribution in [-0.4, -0.2) is 26.8 Å². The molecule has 0 saturated heterocycles. The number of rotatable bonds is 3. The minimum absolute atomic E-state index is 0.126. The summed E-state index contributed by atoms with van der Waals surface area (Å²) in [7, 11) is 0. The third kappa shape index (κ3) is 2.74. The van der Waals surface area contributed by atoms with Crippen molar-refractivity contribution in [3.63, 3.8) is 0 Å². The predicted octanol–water partition coefficient (Wildman–Crippen LogP) is 3.70. The Labute approximate surface area is 154 Å². The molecule has 6 nitrogen and oxygen atoms in total. The first-order chi connectivity index (χ1) is 12.5. The van der Waals surface area contributed by atoms with Gasteiger partial charge in [0.2, 0.25) is 5.91 Å². The lowest BCUT2D eigenvalue weighted by Crippen LogP contribution is -2.24. The molecule has 2 heterocycles. The topological polar surface area (TPSA) is 84.2 Å². The Balaban J connectivity index is 1.79. The van der Waals surface area contributed by atoms with Crippen LogP contribution in [0.1, 0.15) is 33.8 Å². The number of carboxylic acid groups (broad SMARTS) is 1. The number of aromatic carboxylic acids is 1. The zero-order valence-electron chi connectivity index (χ0n) is 13.5. The predicted molar refractivity (Wildman–Crippen MR) is 97.1 cm³/mol. The van der Waals surface area contributed by atoms with E-state index in [9.17, 15) is 9.59 Å². The molecule has 1 unspecified atom stereocenters. The number of nitrogens with zero attached hydrogens (tertiary/aromatic N) is 2. The lowest BCUT2D eigenvalue weighted by molar-refractivity contribution is -0.116. The Morgan fingerprint density at radius 1 is 1.19 bits per heavy atom. The molecular weight excluding hydrogens is 354 g/mol.